The van der Waals surface area contributed by atoms with Gasteiger partial charge in [-0.05, 0) is 23.6 Å². The lowest BCUT2D eigenvalue weighted by molar-refractivity contribution is 0.0696. The molecule has 0 radical (unpaired) electrons. The second kappa shape index (κ2) is 5.36. The van der Waals surface area contributed by atoms with Gasteiger partial charge in [0.25, 0.3) is 0 Å². The van der Waals surface area contributed by atoms with Gasteiger partial charge < -0.3 is 10.0 Å². The van der Waals surface area contributed by atoms with Crippen LogP contribution in [0.2, 0.25) is 0 Å². The molecule has 0 bridgehead atoms. The van der Waals surface area contributed by atoms with Crippen molar-refractivity contribution in [1.29, 1.82) is 0 Å². The quantitative estimate of drug-likeness (QED) is 0.935. The van der Waals surface area contributed by atoms with E-state index in [1.807, 2.05) is 17.5 Å². The van der Waals surface area contributed by atoms with Gasteiger partial charge in [-0.25, -0.2) is 13.6 Å². The molecule has 0 saturated carbocycles. The predicted octanol–water partition coefficient (Wildman–Crippen LogP) is 3.36. The Morgan fingerprint density at radius 2 is 2.00 bits per heavy atom. The average molecular weight is 283 g/mol. The molecule has 1 aromatic carbocycles. The smallest absolute Gasteiger partial charge is 0.335 e. The number of carboxylic acids is 1. The van der Waals surface area contributed by atoms with Crippen LogP contribution in [0.1, 0.15) is 15.2 Å². The van der Waals surface area contributed by atoms with E-state index in [4.69, 9.17) is 5.11 Å². The van der Waals surface area contributed by atoms with E-state index in [-0.39, 0.29) is 5.69 Å². The van der Waals surface area contributed by atoms with Gasteiger partial charge in [0, 0.05) is 11.9 Å². The van der Waals surface area contributed by atoms with Gasteiger partial charge in [0.05, 0.1) is 12.1 Å². The summed E-state index contributed by atoms with van der Waals surface area (Å²) in [5.41, 5.74) is -0.623. The number of carbonyl (C=O) groups is 1. The first-order valence-electron chi connectivity index (χ1n) is 5.45. The molecule has 0 aliphatic heterocycles. The van der Waals surface area contributed by atoms with E-state index in [0.29, 0.717) is 6.54 Å². The van der Waals surface area contributed by atoms with Crippen LogP contribution in [0.5, 0.6) is 0 Å². The van der Waals surface area contributed by atoms with E-state index in [1.165, 1.54) is 16.2 Å². The first-order chi connectivity index (χ1) is 8.99. The number of aromatic carboxylic acids is 1. The van der Waals surface area contributed by atoms with Crippen LogP contribution < -0.4 is 4.90 Å². The fourth-order valence-corrected chi connectivity index (χ4v) is 2.53. The van der Waals surface area contributed by atoms with Gasteiger partial charge in [0.15, 0.2) is 0 Å². The Bertz CT molecular complexity index is 576. The lowest BCUT2D eigenvalue weighted by atomic mass is 10.1. The summed E-state index contributed by atoms with van der Waals surface area (Å²) in [6.45, 7) is 0.359. The summed E-state index contributed by atoms with van der Waals surface area (Å²) in [4.78, 5) is 13.1. The van der Waals surface area contributed by atoms with Crippen LogP contribution >= 0.6 is 11.3 Å². The molecule has 0 unspecified atom stereocenters. The molecule has 0 saturated heterocycles. The Labute approximate surface area is 112 Å². The third-order valence-corrected chi connectivity index (χ3v) is 3.48. The SMILES string of the molecule is CN(Cc1cccs1)c1c(F)cc(C(=O)O)cc1F. The molecule has 0 fully saturated rings. The predicted molar refractivity (Wildman–Crippen MR) is 69.7 cm³/mol. The van der Waals surface area contributed by atoms with Crippen LogP contribution in [0.25, 0.3) is 0 Å². The molecule has 1 heterocycles. The highest BCUT2D eigenvalue weighted by molar-refractivity contribution is 7.09. The zero-order valence-electron chi connectivity index (χ0n) is 10.1. The van der Waals surface area contributed by atoms with Crippen molar-refractivity contribution < 1.29 is 18.7 Å². The van der Waals surface area contributed by atoms with Gasteiger partial charge in [-0.15, -0.1) is 11.3 Å². The van der Waals surface area contributed by atoms with E-state index in [9.17, 15) is 13.6 Å². The van der Waals surface area contributed by atoms with Crippen LogP contribution in [0.15, 0.2) is 29.6 Å². The molecular weight excluding hydrogens is 272 g/mol. The molecule has 0 aliphatic carbocycles. The Morgan fingerprint density at radius 1 is 1.37 bits per heavy atom. The zero-order chi connectivity index (χ0) is 14.0. The minimum absolute atomic E-state index is 0.224. The Kier molecular flexibility index (Phi) is 3.80. The minimum Gasteiger partial charge on any atom is -0.478 e. The second-order valence-corrected chi connectivity index (χ2v) is 5.06. The lowest BCUT2D eigenvalue weighted by Gasteiger charge is -2.20. The van der Waals surface area contributed by atoms with Crippen molar-refractivity contribution >= 4 is 23.0 Å². The maximum atomic E-state index is 13.8. The largest absolute Gasteiger partial charge is 0.478 e. The maximum absolute atomic E-state index is 13.8. The Balaban J connectivity index is 2.31. The van der Waals surface area contributed by atoms with Crippen molar-refractivity contribution in [3.05, 3.63) is 51.7 Å². The molecule has 1 N–H and O–H groups in total. The standard InChI is InChI=1S/C13H11F2NO2S/c1-16(7-9-3-2-4-19-9)12-10(14)5-8(13(17)18)6-11(12)15/h2-6H,7H2,1H3,(H,17,18). The van der Waals surface area contributed by atoms with E-state index in [0.717, 1.165) is 17.0 Å². The van der Waals surface area contributed by atoms with Crippen molar-refractivity contribution in [2.45, 2.75) is 6.54 Å². The molecule has 0 spiro atoms. The highest BCUT2D eigenvalue weighted by Gasteiger charge is 2.18. The summed E-state index contributed by atoms with van der Waals surface area (Å²) in [6.07, 6.45) is 0. The lowest BCUT2D eigenvalue weighted by Crippen LogP contribution is -2.19. The summed E-state index contributed by atoms with van der Waals surface area (Å²) in [5.74, 6) is -3.11. The summed E-state index contributed by atoms with van der Waals surface area (Å²) >= 11 is 1.49. The molecule has 1 aromatic heterocycles. The molecule has 0 atom stereocenters. The third-order valence-electron chi connectivity index (χ3n) is 2.62. The zero-order valence-corrected chi connectivity index (χ0v) is 10.9. The van der Waals surface area contributed by atoms with Gasteiger partial charge >= 0.3 is 5.97 Å². The highest BCUT2D eigenvalue weighted by atomic mass is 32.1. The first kappa shape index (κ1) is 13.5. The number of benzene rings is 1. The van der Waals surface area contributed by atoms with Crippen LogP contribution in [0, 0.1) is 11.6 Å². The highest BCUT2D eigenvalue weighted by Crippen LogP contribution is 2.26. The van der Waals surface area contributed by atoms with Crippen molar-refractivity contribution in [3.63, 3.8) is 0 Å². The summed E-state index contributed by atoms with van der Waals surface area (Å²) < 4.78 is 27.6. The molecule has 2 aromatic rings. The third kappa shape index (κ3) is 2.90. The molecule has 2 rings (SSSR count). The molecular formula is C13H11F2NO2S. The van der Waals surface area contributed by atoms with Crippen molar-refractivity contribution in [2.24, 2.45) is 0 Å². The van der Waals surface area contributed by atoms with Gasteiger partial charge in [-0.2, -0.15) is 0 Å². The van der Waals surface area contributed by atoms with E-state index in [2.05, 4.69) is 0 Å². The van der Waals surface area contributed by atoms with Crippen LogP contribution in [-0.2, 0) is 6.54 Å². The monoisotopic (exact) mass is 283 g/mol. The molecule has 0 amide bonds. The van der Waals surface area contributed by atoms with Crippen LogP contribution in [-0.4, -0.2) is 18.1 Å². The number of halogens is 2. The summed E-state index contributed by atoms with van der Waals surface area (Å²) in [6, 6.07) is 5.37. The Hall–Kier alpha value is -1.95. The maximum Gasteiger partial charge on any atom is 0.335 e. The van der Waals surface area contributed by atoms with Crippen molar-refractivity contribution in [2.75, 3.05) is 11.9 Å². The molecule has 3 nitrogen and oxygen atoms in total. The summed E-state index contributed by atoms with van der Waals surface area (Å²) in [5, 5.41) is 10.6. The van der Waals surface area contributed by atoms with Crippen molar-refractivity contribution in [3.8, 4) is 0 Å². The summed E-state index contributed by atoms with van der Waals surface area (Å²) in [7, 11) is 1.56. The first-order valence-corrected chi connectivity index (χ1v) is 6.33. The van der Waals surface area contributed by atoms with E-state index in [1.54, 1.807) is 7.05 Å². The normalized spacial score (nSPS) is 10.5. The minimum atomic E-state index is -1.36. The fraction of sp³-hybridized carbons (Fsp3) is 0.154. The molecule has 19 heavy (non-hydrogen) atoms. The number of anilines is 1. The number of carboxylic acid groups (broad SMARTS) is 1. The van der Waals surface area contributed by atoms with Gasteiger partial charge in [-0.1, -0.05) is 6.07 Å². The van der Waals surface area contributed by atoms with E-state index >= 15 is 0 Å². The number of hydrogen-bond acceptors (Lipinski definition) is 3. The molecule has 6 heteroatoms. The van der Waals surface area contributed by atoms with Crippen molar-refractivity contribution in [1.82, 2.24) is 0 Å². The molecule has 100 valence electrons. The Morgan fingerprint density at radius 3 is 2.47 bits per heavy atom. The van der Waals surface area contributed by atoms with Crippen LogP contribution in [0.4, 0.5) is 14.5 Å². The van der Waals surface area contributed by atoms with E-state index < -0.39 is 23.2 Å². The van der Waals surface area contributed by atoms with Gasteiger partial charge in [0.1, 0.15) is 17.3 Å². The number of rotatable bonds is 4. The second-order valence-electron chi connectivity index (χ2n) is 4.03. The number of hydrogen-bond donors (Lipinski definition) is 1. The topological polar surface area (TPSA) is 40.5 Å². The average Bonchev–Trinajstić information content (AvgIpc) is 2.80. The number of thiophene rings is 1. The van der Waals surface area contributed by atoms with Crippen LogP contribution in [0.3, 0.4) is 0 Å². The fourth-order valence-electron chi connectivity index (χ4n) is 1.77. The van der Waals surface area contributed by atoms with Gasteiger partial charge in [-0.3, -0.25) is 0 Å². The van der Waals surface area contributed by atoms with Gasteiger partial charge in [0.2, 0.25) is 0 Å². The number of nitrogens with zero attached hydrogens (tertiary/aromatic N) is 1. The molecule has 0 aliphatic rings.